The van der Waals surface area contributed by atoms with Gasteiger partial charge in [0.05, 0.1) is 6.42 Å². The molecule has 3 rings (SSSR count). The molecule has 0 aromatic heterocycles. The molecule has 1 aromatic carbocycles. The molecule has 0 saturated heterocycles. The van der Waals surface area contributed by atoms with Crippen LogP contribution in [0.2, 0.25) is 0 Å². The number of ketones is 1. The van der Waals surface area contributed by atoms with Crippen LogP contribution in [-0.2, 0) is 16.0 Å². The van der Waals surface area contributed by atoms with Crippen LogP contribution in [0.15, 0.2) is 41.6 Å². The van der Waals surface area contributed by atoms with Crippen molar-refractivity contribution >= 4 is 11.7 Å². The summed E-state index contributed by atoms with van der Waals surface area (Å²) in [5.41, 5.74) is 2.80. The van der Waals surface area contributed by atoms with Gasteiger partial charge in [0.25, 0.3) is 0 Å². The maximum Gasteiger partial charge on any atom is 0.228 e. The minimum absolute atomic E-state index is 0.0547. The summed E-state index contributed by atoms with van der Waals surface area (Å²) in [6.45, 7) is 6.26. The SMILES string of the molecule is CC(NC(=O)Cc1ccccc1)=C1C(=O)C[C@@H]2[C@@H]1C2(C)C. The van der Waals surface area contributed by atoms with Crippen LogP contribution in [0, 0.1) is 17.3 Å². The molecule has 2 fully saturated rings. The average molecular weight is 283 g/mol. The van der Waals surface area contributed by atoms with E-state index in [4.69, 9.17) is 0 Å². The first-order valence-electron chi connectivity index (χ1n) is 7.49. The molecular formula is C18H21NO2. The van der Waals surface area contributed by atoms with Gasteiger partial charge in [0, 0.05) is 17.7 Å². The zero-order valence-electron chi connectivity index (χ0n) is 12.8. The van der Waals surface area contributed by atoms with Gasteiger partial charge in [-0.1, -0.05) is 44.2 Å². The number of amides is 1. The molecule has 0 bridgehead atoms. The van der Waals surface area contributed by atoms with Crippen LogP contribution in [0.25, 0.3) is 0 Å². The molecule has 0 unspecified atom stereocenters. The van der Waals surface area contributed by atoms with Crippen LogP contribution < -0.4 is 5.32 Å². The molecule has 0 aliphatic heterocycles. The van der Waals surface area contributed by atoms with Crippen molar-refractivity contribution in [2.75, 3.05) is 0 Å². The van der Waals surface area contributed by atoms with Gasteiger partial charge in [-0.25, -0.2) is 0 Å². The molecule has 110 valence electrons. The first-order chi connectivity index (χ1) is 9.91. The Morgan fingerprint density at radius 2 is 1.95 bits per heavy atom. The van der Waals surface area contributed by atoms with E-state index in [1.54, 1.807) is 0 Å². The van der Waals surface area contributed by atoms with Gasteiger partial charge in [-0.05, 0) is 29.7 Å². The predicted octanol–water partition coefficient (Wildman–Crippen LogP) is 2.86. The Morgan fingerprint density at radius 1 is 1.29 bits per heavy atom. The van der Waals surface area contributed by atoms with E-state index in [1.165, 1.54) is 0 Å². The van der Waals surface area contributed by atoms with Crippen molar-refractivity contribution in [3.05, 3.63) is 47.2 Å². The number of hydrogen-bond acceptors (Lipinski definition) is 2. The number of rotatable bonds is 3. The molecule has 21 heavy (non-hydrogen) atoms. The van der Waals surface area contributed by atoms with Crippen molar-refractivity contribution in [3.8, 4) is 0 Å². The zero-order valence-corrected chi connectivity index (χ0v) is 12.8. The predicted molar refractivity (Wildman–Crippen MR) is 81.4 cm³/mol. The standard InChI is InChI=1S/C18H21NO2/c1-11(16-14(20)10-13-17(16)18(13,2)3)19-15(21)9-12-7-5-4-6-8-12/h4-8,13,17H,9-10H2,1-3H3,(H,19,21)/t13-,17+/m1/s1. The summed E-state index contributed by atoms with van der Waals surface area (Å²) in [6, 6.07) is 9.64. The van der Waals surface area contributed by atoms with E-state index in [2.05, 4.69) is 19.2 Å². The summed E-state index contributed by atoms with van der Waals surface area (Å²) in [4.78, 5) is 24.2. The maximum absolute atomic E-state index is 12.1. The minimum Gasteiger partial charge on any atom is -0.329 e. The molecule has 1 N–H and O–H groups in total. The van der Waals surface area contributed by atoms with Gasteiger partial charge in [0.1, 0.15) is 0 Å². The Labute approximate surface area is 125 Å². The fourth-order valence-corrected chi connectivity index (χ4v) is 3.73. The fourth-order valence-electron chi connectivity index (χ4n) is 3.73. The number of carbonyl (C=O) groups is 2. The average Bonchev–Trinajstić information content (AvgIpc) is 2.79. The molecule has 3 nitrogen and oxygen atoms in total. The van der Waals surface area contributed by atoms with Gasteiger partial charge >= 0.3 is 0 Å². The van der Waals surface area contributed by atoms with Crippen molar-refractivity contribution in [2.45, 2.75) is 33.6 Å². The zero-order chi connectivity index (χ0) is 15.2. The summed E-state index contributed by atoms with van der Waals surface area (Å²) in [6.07, 6.45) is 0.982. The third-order valence-electron chi connectivity index (χ3n) is 5.01. The second-order valence-electron chi connectivity index (χ2n) is 6.78. The van der Waals surface area contributed by atoms with Gasteiger partial charge in [0.15, 0.2) is 5.78 Å². The highest BCUT2D eigenvalue weighted by atomic mass is 16.1. The minimum atomic E-state index is -0.0547. The second-order valence-corrected chi connectivity index (χ2v) is 6.78. The Hall–Kier alpha value is -1.90. The highest BCUT2D eigenvalue weighted by Gasteiger charge is 2.65. The molecule has 1 aromatic rings. The van der Waals surface area contributed by atoms with Crippen molar-refractivity contribution in [2.24, 2.45) is 17.3 Å². The molecule has 2 aliphatic rings. The molecule has 3 heteroatoms. The monoisotopic (exact) mass is 283 g/mol. The Morgan fingerprint density at radius 3 is 2.57 bits per heavy atom. The molecule has 1 amide bonds. The van der Waals surface area contributed by atoms with E-state index in [-0.39, 0.29) is 17.1 Å². The van der Waals surface area contributed by atoms with E-state index in [0.717, 1.165) is 16.8 Å². The molecule has 2 saturated carbocycles. The van der Waals surface area contributed by atoms with Crippen LogP contribution >= 0.6 is 0 Å². The number of nitrogens with one attached hydrogen (secondary N) is 1. The van der Waals surface area contributed by atoms with Crippen LogP contribution in [0.5, 0.6) is 0 Å². The van der Waals surface area contributed by atoms with Crippen LogP contribution in [0.4, 0.5) is 0 Å². The number of carbonyl (C=O) groups excluding carboxylic acids is 2. The van der Waals surface area contributed by atoms with Crippen LogP contribution in [-0.4, -0.2) is 11.7 Å². The molecule has 2 atom stereocenters. The van der Waals surface area contributed by atoms with Crippen molar-refractivity contribution in [3.63, 3.8) is 0 Å². The Bertz CT molecular complexity index is 628. The van der Waals surface area contributed by atoms with E-state index in [9.17, 15) is 9.59 Å². The molecule has 0 radical (unpaired) electrons. The number of benzene rings is 1. The van der Waals surface area contributed by atoms with Gasteiger partial charge in [-0.3, -0.25) is 9.59 Å². The van der Waals surface area contributed by atoms with Gasteiger partial charge in [-0.15, -0.1) is 0 Å². The third-order valence-corrected chi connectivity index (χ3v) is 5.01. The summed E-state index contributed by atoms with van der Waals surface area (Å²) in [5, 5.41) is 2.92. The number of hydrogen-bond donors (Lipinski definition) is 1. The van der Waals surface area contributed by atoms with E-state index in [1.807, 2.05) is 37.3 Å². The lowest BCUT2D eigenvalue weighted by molar-refractivity contribution is -0.119. The first-order valence-corrected chi connectivity index (χ1v) is 7.49. The topological polar surface area (TPSA) is 46.2 Å². The van der Waals surface area contributed by atoms with Gasteiger partial charge < -0.3 is 5.32 Å². The highest BCUT2D eigenvalue weighted by molar-refractivity contribution is 6.01. The summed E-state index contributed by atoms with van der Waals surface area (Å²) in [7, 11) is 0. The fraction of sp³-hybridized carbons (Fsp3) is 0.444. The van der Waals surface area contributed by atoms with E-state index in [0.29, 0.717) is 24.7 Å². The maximum atomic E-state index is 12.1. The third kappa shape index (κ3) is 2.41. The lowest BCUT2D eigenvalue weighted by Crippen LogP contribution is -2.26. The molecule has 0 heterocycles. The molecule has 0 spiro atoms. The normalized spacial score (nSPS) is 28.0. The van der Waals surface area contributed by atoms with Crippen LogP contribution in [0.3, 0.4) is 0 Å². The van der Waals surface area contributed by atoms with Crippen molar-refractivity contribution in [1.29, 1.82) is 0 Å². The summed E-state index contributed by atoms with van der Waals surface area (Å²) in [5.74, 6) is 0.964. The van der Waals surface area contributed by atoms with Gasteiger partial charge in [-0.2, -0.15) is 0 Å². The van der Waals surface area contributed by atoms with E-state index >= 15 is 0 Å². The lowest BCUT2D eigenvalue weighted by atomic mass is 9.95. The van der Waals surface area contributed by atoms with Crippen molar-refractivity contribution < 1.29 is 9.59 Å². The summed E-state index contributed by atoms with van der Waals surface area (Å²) < 4.78 is 0. The van der Waals surface area contributed by atoms with Gasteiger partial charge in [0.2, 0.25) is 5.91 Å². The quantitative estimate of drug-likeness (QED) is 0.867. The summed E-state index contributed by atoms with van der Waals surface area (Å²) >= 11 is 0. The number of Topliss-reactive ketones (excluding diaryl/α,β-unsaturated/α-hetero) is 1. The smallest absolute Gasteiger partial charge is 0.228 e. The first kappa shape index (κ1) is 14.1. The Kier molecular flexibility index (Phi) is 3.23. The Balaban J connectivity index is 1.71. The number of allylic oxidation sites excluding steroid dienone is 2. The highest BCUT2D eigenvalue weighted by Crippen LogP contribution is 2.68. The largest absolute Gasteiger partial charge is 0.329 e. The molecule has 2 aliphatic carbocycles. The molecular weight excluding hydrogens is 262 g/mol. The van der Waals surface area contributed by atoms with Crippen molar-refractivity contribution in [1.82, 2.24) is 5.32 Å². The van der Waals surface area contributed by atoms with E-state index < -0.39 is 0 Å². The number of fused-ring (bicyclic) bond motifs is 1. The second kappa shape index (κ2) is 4.83. The van der Waals surface area contributed by atoms with Crippen LogP contribution in [0.1, 0.15) is 32.8 Å². The lowest BCUT2D eigenvalue weighted by Gasteiger charge is -2.13.